The van der Waals surface area contributed by atoms with Crippen LogP contribution in [0.15, 0.2) is 18.2 Å². The molecule has 0 saturated carbocycles. The average molecular weight is 281 g/mol. The number of carboxylic acid groups (broad SMARTS) is 1. The SMILES string of the molecule is CCC(CC)CN(CC)Cc1ccc(F)cc1C(=O)O. The first kappa shape index (κ1) is 16.6. The molecule has 0 aliphatic heterocycles. The van der Waals surface area contributed by atoms with Crippen molar-refractivity contribution in [2.75, 3.05) is 13.1 Å². The highest BCUT2D eigenvalue weighted by Gasteiger charge is 2.15. The molecule has 1 rings (SSSR count). The van der Waals surface area contributed by atoms with Crippen molar-refractivity contribution in [3.63, 3.8) is 0 Å². The predicted octanol–water partition coefficient (Wildman–Crippen LogP) is 3.78. The first-order chi connectivity index (χ1) is 9.51. The Labute approximate surface area is 120 Å². The monoisotopic (exact) mass is 281 g/mol. The molecular formula is C16H24FNO2. The number of carboxylic acids is 1. The van der Waals surface area contributed by atoms with Crippen LogP contribution in [0.1, 0.15) is 49.5 Å². The van der Waals surface area contributed by atoms with Crippen LogP contribution in [0.5, 0.6) is 0 Å². The largest absolute Gasteiger partial charge is 0.478 e. The maximum absolute atomic E-state index is 13.2. The van der Waals surface area contributed by atoms with Gasteiger partial charge in [0.25, 0.3) is 0 Å². The molecule has 0 spiro atoms. The van der Waals surface area contributed by atoms with E-state index in [0.717, 1.165) is 32.0 Å². The zero-order valence-corrected chi connectivity index (χ0v) is 12.5. The van der Waals surface area contributed by atoms with Crippen LogP contribution >= 0.6 is 0 Å². The maximum Gasteiger partial charge on any atom is 0.336 e. The van der Waals surface area contributed by atoms with Crippen LogP contribution in [0.4, 0.5) is 4.39 Å². The summed E-state index contributed by atoms with van der Waals surface area (Å²) in [5, 5.41) is 9.16. The third kappa shape index (κ3) is 4.60. The third-order valence-corrected chi connectivity index (χ3v) is 3.81. The van der Waals surface area contributed by atoms with Gasteiger partial charge in [0.05, 0.1) is 5.56 Å². The van der Waals surface area contributed by atoms with E-state index < -0.39 is 11.8 Å². The van der Waals surface area contributed by atoms with Crippen LogP contribution in [-0.4, -0.2) is 29.1 Å². The minimum absolute atomic E-state index is 0.0630. The van der Waals surface area contributed by atoms with Crippen molar-refractivity contribution in [3.8, 4) is 0 Å². The topological polar surface area (TPSA) is 40.5 Å². The van der Waals surface area contributed by atoms with Gasteiger partial charge >= 0.3 is 5.97 Å². The second-order valence-electron chi connectivity index (χ2n) is 5.12. The Bertz CT molecular complexity index is 444. The van der Waals surface area contributed by atoms with E-state index in [-0.39, 0.29) is 5.56 Å². The average Bonchev–Trinajstić information content (AvgIpc) is 2.44. The van der Waals surface area contributed by atoms with Gasteiger partial charge in [-0.3, -0.25) is 4.90 Å². The Morgan fingerprint density at radius 2 is 1.95 bits per heavy atom. The molecule has 0 unspecified atom stereocenters. The summed E-state index contributed by atoms with van der Waals surface area (Å²) in [6.45, 7) is 8.75. The van der Waals surface area contributed by atoms with Gasteiger partial charge in [-0.2, -0.15) is 0 Å². The summed E-state index contributed by atoms with van der Waals surface area (Å²) in [5.74, 6) is -0.962. The van der Waals surface area contributed by atoms with Gasteiger partial charge in [-0.15, -0.1) is 0 Å². The van der Waals surface area contributed by atoms with Gasteiger partial charge in [-0.1, -0.05) is 39.7 Å². The lowest BCUT2D eigenvalue weighted by molar-refractivity contribution is 0.0693. The number of halogens is 1. The zero-order valence-electron chi connectivity index (χ0n) is 12.5. The molecule has 0 heterocycles. The van der Waals surface area contributed by atoms with Crippen molar-refractivity contribution in [2.45, 2.75) is 40.2 Å². The smallest absolute Gasteiger partial charge is 0.336 e. The third-order valence-electron chi connectivity index (χ3n) is 3.81. The molecule has 20 heavy (non-hydrogen) atoms. The standard InChI is InChI=1S/C16H24FNO2/c1-4-12(5-2)10-18(6-3)11-13-7-8-14(17)9-15(13)16(19)20/h7-9,12H,4-6,10-11H2,1-3H3,(H,19,20). The minimum Gasteiger partial charge on any atom is -0.478 e. The highest BCUT2D eigenvalue weighted by Crippen LogP contribution is 2.17. The number of benzene rings is 1. The van der Waals surface area contributed by atoms with Crippen LogP contribution in [0.25, 0.3) is 0 Å². The van der Waals surface area contributed by atoms with Crippen molar-refractivity contribution < 1.29 is 14.3 Å². The van der Waals surface area contributed by atoms with Gasteiger partial charge < -0.3 is 5.11 Å². The van der Waals surface area contributed by atoms with Crippen molar-refractivity contribution >= 4 is 5.97 Å². The first-order valence-electron chi connectivity index (χ1n) is 7.25. The Kier molecular flexibility index (Phi) is 6.65. The predicted molar refractivity (Wildman–Crippen MR) is 78.4 cm³/mol. The molecule has 3 nitrogen and oxygen atoms in total. The number of rotatable bonds is 8. The number of aromatic carboxylic acids is 1. The van der Waals surface area contributed by atoms with E-state index in [9.17, 15) is 9.18 Å². The molecule has 112 valence electrons. The fraction of sp³-hybridized carbons (Fsp3) is 0.562. The van der Waals surface area contributed by atoms with E-state index in [1.54, 1.807) is 6.07 Å². The highest BCUT2D eigenvalue weighted by molar-refractivity contribution is 5.89. The zero-order chi connectivity index (χ0) is 15.1. The molecular weight excluding hydrogens is 257 g/mol. The van der Waals surface area contributed by atoms with E-state index in [0.29, 0.717) is 18.0 Å². The van der Waals surface area contributed by atoms with Crippen LogP contribution in [0, 0.1) is 11.7 Å². The van der Waals surface area contributed by atoms with Gasteiger partial charge in [0, 0.05) is 13.1 Å². The molecule has 0 saturated heterocycles. The molecule has 0 fully saturated rings. The van der Waals surface area contributed by atoms with E-state index in [4.69, 9.17) is 5.11 Å². The van der Waals surface area contributed by atoms with E-state index in [1.165, 1.54) is 6.07 Å². The van der Waals surface area contributed by atoms with Crippen molar-refractivity contribution in [1.29, 1.82) is 0 Å². The maximum atomic E-state index is 13.2. The molecule has 0 aliphatic rings. The molecule has 0 atom stereocenters. The lowest BCUT2D eigenvalue weighted by atomic mass is 10.0. The molecule has 4 heteroatoms. The summed E-state index contributed by atoms with van der Waals surface area (Å²) in [6, 6.07) is 4.00. The second-order valence-corrected chi connectivity index (χ2v) is 5.12. The number of hydrogen-bond acceptors (Lipinski definition) is 2. The lowest BCUT2D eigenvalue weighted by Crippen LogP contribution is -2.29. The fourth-order valence-electron chi connectivity index (χ4n) is 2.34. The second kappa shape index (κ2) is 8.00. The summed E-state index contributed by atoms with van der Waals surface area (Å²) in [4.78, 5) is 13.4. The summed E-state index contributed by atoms with van der Waals surface area (Å²) < 4.78 is 13.2. The molecule has 1 aromatic rings. The van der Waals surface area contributed by atoms with E-state index in [1.807, 2.05) is 0 Å². The van der Waals surface area contributed by atoms with Crippen LogP contribution < -0.4 is 0 Å². The van der Waals surface area contributed by atoms with Crippen LogP contribution in [-0.2, 0) is 6.54 Å². The van der Waals surface area contributed by atoms with Gasteiger partial charge in [-0.05, 0) is 30.2 Å². The molecule has 0 amide bonds. The Hall–Kier alpha value is -1.42. The fourth-order valence-corrected chi connectivity index (χ4v) is 2.34. The molecule has 0 bridgehead atoms. The van der Waals surface area contributed by atoms with E-state index >= 15 is 0 Å². The van der Waals surface area contributed by atoms with Gasteiger partial charge in [0.15, 0.2) is 0 Å². The summed E-state index contributed by atoms with van der Waals surface area (Å²) in [5.41, 5.74) is 0.736. The molecule has 1 N–H and O–H groups in total. The van der Waals surface area contributed by atoms with Gasteiger partial charge in [-0.25, -0.2) is 9.18 Å². The van der Waals surface area contributed by atoms with Crippen LogP contribution in [0.3, 0.4) is 0 Å². The number of hydrogen-bond donors (Lipinski definition) is 1. The Balaban J connectivity index is 2.87. The Morgan fingerprint density at radius 1 is 1.30 bits per heavy atom. The van der Waals surface area contributed by atoms with Crippen molar-refractivity contribution in [3.05, 3.63) is 35.1 Å². The molecule has 0 aromatic heterocycles. The Morgan fingerprint density at radius 3 is 2.45 bits per heavy atom. The summed E-state index contributed by atoms with van der Waals surface area (Å²) in [7, 11) is 0. The highest BCUT2D eigenvalue weighted by atomic mass is 19.1. The van der Waals surface area contributed by atoms with Crippen molar-refractivity contribution in [2.24, 2.45) is 5.92 Å². The number of carbonyl (C=O) groups is 1. The minimum atomic E-state index is -1.07. The molecule has 0 aliphatic carbocycles. The lowest BCUT2D eigenvalue weighted by Gasteiger charge is -2.25. The number of nitrogens with zero attached hydrogens (tertiary/aromatic N) is 1. The van der Waals surface area contributed by atoms with E-state index in [2.05, 4.69) is 25.7 Å². The van der Waals surface area contributed by atoms with Gasteiger partial charge in [0.2, 0.25) is 0 Å². The molecule has 0 radical (unpaired) electrons. The summed E-state index contributed by atoms with van der Waals surface area (Å²) in [6.07, 6.45) is 2.23. The first-order valence-corrected chi connectivity index (χ1v) is 7.25. The molecule has 1 aromatic carbocycles. The summed E-state index contributed by atoms with van der Waals surface area (Å²) >= 11 is 0. The van der Waals surface area contributed by atoms with Crippen molar-refractivity contribution in [1.82, 2.24) is 4.90 Å². The quantitative estimate of drug-likeness (QED) is 0.788. The van der Waals surface area contributed by atoms with Gasteiger partial charge in [0.1, 0.15) is 5.82 Å². The normalized spacial score (nSPS) is 11.3. The van der Waals surface area contributed by atoms with Crippen LogP contribution in [0.2, 0.25) is 0 Å².